The van der Waals surface area contributed by atoms with Crippen LogP contribution in [0.25, 0.3) is 0 Å². The number of rotatable bonds is 5. The number of likely N-dealkylation sites (tertiary alicyclic amines) is 1. The summed E-state index contributed by atoms with van der Waals surface area (Å²) in [6, 6.07) is 4.99. The summed E-state index contributed by atoms with van der Waals surface area (Å²) in [5.41, 5.74) is 1.45. The molecule has 3 heterocycles. The summed E-state index contributed by atoms with van der Waals surface area (Å²) in [5, 5.41) is 3.43. The third-order valence-electron chi connectivity index (χ3n) is 4.75. The normalized spacial score (nSPS) is 23.7. The highest BCUT2D eigenvalue weighted by Gasteiger charge is 2.29. The first-order valence-corrected chi connectivity index (χ1v) is 8.55. The molecule has 116 valence electrons. The summed E-state index contributed by atoms with van der Waals surface area (Å²) < 4.78 is 0. The molecule has 1 N–H and O–H groups in total. The van der Waals surface area contributed by atoms with E-state index in [1.165, 1.54) is 50.2 Å². The Morgan fingerprint density at radius 2 is 2.14 bits per heavy atom. The van der Waals surface area contributed by atoms with Crippen molar-refractivity contribution >= 4 is 5.82 Å². The van der Waals surface area contributed by atoms with Crippen molar-refractivity contribution in [1.29, 1.82) is 0 Å². The molecule has 0 saturated carbocycles. The van der Waals surface area contributed by atoms with Crippen molar-refractivity contribution in [3.8, 4) is 0 Å². The van der Waals surface area contributed by atoms with Gasteiger partial charge in [-0.05, 0) is 38.4 Å². The molecule has 1 unspecified atom stereocenters. The van der Waals surface area contributed by atoms with Gasteiger partial charge < -0.3 is 10.2 Å². The van der Waals surface area contributed by atoms with Gasteiger partial charge in [0.05, 0.1) is 0 Å². The van der Waals surface area contributed by atoms with Gasteiger partial charge in [0.2, 0.25) is 0 Å². The number of unbranched alkanes of at least 4 members (excludes halogenated alkanes) is 1. The van der Waals surface area contributed by atoms with E-state index in [-0.39, 0.29) is 0 Å². The van der Waals surface area contributed by atoms with Gasteiger partial charge in [-0.1, -0.05) is 19.4 Å². The van der Waals surface area contributed by atoms with Gasteiger partial charge in [0.15, 0.2) is 0 Å². The highest BCUT2D eigenvalue weighted by molar-refractivity contribution is 5.49. The maximum absolute atomic E-state index is 4.73. The summed E-state index contributed by atoms with van der Waals surface area (Å²) in [5.74, 6) is 1.23. The number of nitrogens with one attached hydrogen (secondary N) is 1. The van der Waals surface area contributed by atoms with E-state index < -0.39 is 0 Å². The lowest BCUT2D eigenvalue weighted by Crippen LogP contribution is -2.44. The molecule has 1 atom stereocenters. The minimum atomic E-state index is 0.579. The molecule has 4 nitrogen and oxygen atoms in total. The fourth-order valence-corrected chi connectivity index (χ4v) is 3.62. The largest absolute Gasteiger partial charge is 0.354 e. The second-order valence-electron chi connectivity index (χ2n) is 6.20. The zero-order valence-electron chi connectivity index (χ0n) is 13.2. The van der Waals surface area contributed by atoms with Crippen LogP contribution in [-0.2, 0) is 0 Å². The molecule has 0 bridgehead atoms. The number of piperazine rings is 1. The molecule has 0 radical (unpaired) electrons. The van der Waals surface area contributed by atoms with E-state index in [9.17, 15) is 0 Å². The molecule has 2 aliphatic heterocycles. The maximum atomic E-state index is 4.73. The summed E-state index contributed by atoms with van der Waals surface area (Å²) in [6.07, 6.45) is 7.14. The first kappa shape index (κ1) is 14.8. The molecular formula is C17H28N4. The van der Waals surface area contributed by atoms with Crippen LogP contribution in [0.3, 0.4) is 0 Å². The average molecular weight is 288 g/mol. The lowest BCUT2D eigenvalue weighted by molar-refractivity contribution is 0.253. The van der Waals surface area contributed by atoms with Crippen LogP contribution in [0.2, 0.25) is 0 Å². The van der Waals surface area contributed by atoms with Crippen molar-refractivity contribution in [3.05, 3.63) is 23.9 Å². The summed E-state index contributed by atoms with van der Waals surface area (Å²) >= 11 is 0. The van der Waals surface area contributed by atoms with Crippen molar-refractivity contribution < 1.29 is 0 Å². The van der Waals surface area contributed by atoms with Gasteiger partial charge in [0, 0.05) is 44.0 Å². The van der Waals surface area contributed by atoms with E-state index in [0.29, 0.717) is 6.04 Å². The first-order chi connectivity index (χ1) is 10.4. The molecule has 3 rings (SSSR count). The minimum Gasteiger partial charge on any atom is -0.354 e. The van der Waals surface area contributed by atoms with E-state index >= 15 is 0 Å². The average Bonchev–Trinajstić information content (AvgIpc) is 3.02. The molecule has 0 aliphatic carbocycles. The molecule has 1 aromatic rings. The van der Waals surface area contributed by atoms with Crippen LogP contribution in [0.4, 0.5) is 5.82 Å². The van der Waals surface area contributed by atoms with Crippen LogP contribution >= 0.6 is 0 Å². The van der Waals surface area contributed by atoms with Gasteiger partial charge in [0.25, 0.3) is 0 Å². The van der Waals surface area contributed by atoms with Crippen molar-refractivity contribution in [2.45, 2.75) is 38.6 Å². The van der Waals surface area contributed by atoms with E-state index in [2.05, 4.69) is 34.2 Å². The highest BCUT2D eigenvalue weighted by atomic mass is 15.2. The standard InChI is InChI=1S/C17H28N4/c1-2-3-11-20-12-5-7-16(20)15-6-4-8-19-17(15)21-13-9-18-10-14-21/h4,6,8,16,18H,2-3,5,7,9-14H2,1H3. The first-order valence-electron chi connectivity index (χ1n) is 8.55. The second-order valence-corrected chi connectivity index (χ2v) is 6.20. The number of anilines is 1. The Labute approximate surface area is 128 Å². The third kappa shape index (κ3) is 3.38. The Kier molecular flexibility index (Phi) is 5.09. The second kappa shape index (κ2) is 7.23. The van der Waals surface area contributed by atoms with Crippen molar-refractivity contribution in [2.75, 3.05) is 44.2 Å². The zero-order valence-corrected chi connectivity index (χ0v) is 13.2. The molecule has 2 aliphatic rings. The summed E-state index contributed by atoms with van der Waals surface area (Å²) in [6.45, 7) is 9.05. The Balaban J connectivity index is 1.80. The molecular weight excluding hydrogens is 260 g/mol. The maximum Gasteiger partial charge on any atom is 0.133 e. The van der Waals surface area contributed by atoms with Crippen LogP contribution in [0.5, 0.6) is 0 Å². The van der Waals surface area contributed by atoms with Gasteiger partial charge in [0.1, 0.15) is 5.82 Å². The molecule has 0 amide bonds. The number of pyridine rings is 1. The lowest BCUT2D eigenvalue weighted by Gasteiger charge is -2.33. The van der Waals surface area contributed by atoms with Gasteiger partial charge in [-0.15, -0.1) is 0 Å². The third-order valence-corrected chi connectivity index (χ3v) is 4.75. The Morgan fingerprint density at radius 1 is 1.29 bits per heavy atom. The van der Waals surface area contributed by atoms with Gasteiger partial charge in [-0.25, -0.2) is 4.98 Å². The Hall–Kier alpha value is -1.13. The molecule has 4 heteroatoms. The van der Waals surface area contributed by atoms with Crippen LogP contribution < -0.4 is 10.2 Å². The number of nitrogens with zero attached hydrogens (tertiary/aromatic N) is 3. The fraction of sp³-hybridized carbons (Fsp3) is 0.706. The smallest absolute Gasteiger partial charge is 0.133 e. The van der Waals surface area contributed by atoms with Gasteiger partial charge in [-0.2, -0.15) is 0 Å². The van der Waals surface area contributed by atoms with Crippen molar-refractivity contribution in [2.24, 2.45) is 0 Å². The monoisotopic (exact) mass is 288 g/mol. The van der Waals surface area contributed by atoms with E-state index in [0.717, 1.165) is 26.2 Å². The van der Waals surface area contributed by atoms with Gasteiger partial charge in [-0.3, -0.25) is 4.90 Å². The van der Waals surface area contributed by atoms with Gasteiger partial charge >= 0.3 is 0 Å². The molecule has 2 fully saturated rings. The van der Waals surface area contributed by atoms with Crippen LogP contribution in [-0.4, -0.2) is 49.2 Å². The minimum absolute atomic E-state index is 0.579. The Morgan fingerprint density at radius 3 is 2.95 bits per heavy atom. The van der Waals surface area contributed by atoms with Crippen LogP contribution in [0, 0.1) is 0 Å². The molecule has 2 saturated heterocycles. The highest BCUT2D eigenvalue weighted by Crippen LogP contribution is 2.36. The summed E-state index contributed by atoms with van der Waals surface area (Å²) in [7, 11) is 0. The number of hydrogen-bond donors (Lipinski definition) is 1. The quantitative estimate of drug-likeness (QED) is 0.902. The SMILES string of the molecule is CCCCN1CCCC1c1cccnc1N1CCNCC1. The molecule has 0 spiro atoms. The number of hydrogen-bond acceptors (Lipinski definition) is 4. The van der Waals surface area contributed by atoms with Crippen molar-refractivity contribution in [1.82, 2.24) is 15.2 Å². The molecule has 1 aromatic heterocycles. The van der Waals surface area contributed by atoms with Crippen LogP contribution in [0.15, 0.2) is 18.3 Å². The predicted molar refractivity (Wildman–Crippen MR) is 87.8 cm³/mol. The molecule has 0 aromatic carbocycles. The van der Waals surface area contributed by atoms with E-state index in [1.54, 1.807) is 0 Å². The van der Waals surface area contributed by atoms with Crippen LogP contribution in [0.1, 0.15) is 44.2 Å². The van der Waals surface area contributed by atoms with E-state index in [4.69, 9.17) is 4.98 Å². The number of aromatic nitrogens is 1. The Bertz CT molecular complexity index is 442. The predicted octanol–water partition coefficient (Wildman–Crippen LogP) is 2.43. The molecule has 21 heavy (non-hydrogen) atoms. The lowest BCUT2D eigenvalue weighted by atomic mass is 10.0. The summed E-state index contributed by atoms with van der Waals surface area (Å²) in [4.78, 5) is 9.87. The van der Waals surface area contributed by atoms with Crippen molar-refractivity contribution in [3.63, 3.8) is 0 Å². The topological polar surface area (TPSA) is 31.4 Å². The van der Waals surface area contributed by atoms with E-state index in [1.807, 2.05) is 6.20 Å². The fourth-order valence-electron chi connectivity index (χ4n) is 3.62. The zero-order chi connectivity index (χ0) is 14.5.